The monoisotopic (exact) mass is 319 g/mol. The molecule has 0 saturated carbocycles. The molecule has 1 aromatic carbocycles. The minimum absolute atomic E-state index is 0.0296. The molecule has 0 heterocycles. The Kier molecular flexibility index (Phi) is 7.59. The van der Waals surface area contributed by atoms with Crippen LogP contribution in [0.1, 0.15) is 34.6 Å². The average molecular weight is 319 g/mol. The van der Waals surface area contributed by atoms with Crippen LogP contribution in [0.25, 0.3) is 0 Å². The van der Waals surface area contributed by atoms with Gasteiger partial charge in [-0.15, -0.1) is 0 Å². The first-order chi connectivity index (χ1) is 11.0. The lowest BCUT2D eigenvalue weighted by molar-refractivity contribution is -0.130. The number of hydrogen-bond acceptors (Lipinski definition) is 3. The highest BCUT2D eigenvalue weighted by Crippen LogP contribution is 2.21. The Balaban J connectivity index is 2.94. The van der Waals surface area contributed by atoms with Gasteiger partial charge in [0.05, 0.1) is 0 Å². The van der Waals surface area contributed by atoms with Crippen molar-refractivity contribution in [2.24, 2.45) is 0 Å². The smallest absolute Gasteiger partial charge is 0.242 e. The van der Waals surface area contributed by atoms with Crippen molar-refractivity contribution in [3.05, 3.63) is 24.3 Å². The quantitative estimate of drug-likeness (QED) is 0.740. The molecule has 0 N–H and O–H groups in total. The number of rotatable bonds is 8. The zero-order valence-corrected chi connectivity index (χ0v) is 15.0. The molecule has 128 valence electrons. The van der Waals surface area contributed by atoms with Gasteiger partial charge in [0.1, 0.15) is 6.54 Å². The van der Waals surface area contributed by atoms with Crippen molar-refractivity contribution in [3.63, 3.8) is 0 Å². The zero-order chi connectivity index (χ0) is 17.4. The first-order valence-corrected chi connectivity index (χ1v) is 8.39. The first-order valence-electron chi connectivity index (χ1n) is 8.39. The van der Waals surface area contributed by atoms with Crippen LogP contribution in [0, 0.1) is 0 Å². The van der Waals surface area contributed by atoms with Gasteiger partial charge in [-0.25, -0.2) is 0 Å². The van der Waals surface area contributed by atoms with E-state index in [1.54, 1.807) is 4.90 Å². The van der Waals surface area contributed by atoms with E-state index in [0.29, 0.717) is 13.1 Å². The second-order valence-electron chi connectivity index (χ2n) is 5.36. The Morgan fingerprint density at radius 1 is 0.826 bits per heavy atom. The van der Waals surface area contributed by atoms with Gasteiger partial charge in [-0.2, -0.15) is 0 Å². The molecule has 0 aliphatic rings. The summed E-state index contributed by atoms with van der Waals surface area (Å²) in [7, 11) is 0. The molecular formula is C18H29N3O2. The molecule has 1 aromatic rings. The normalized spacial score (nSPS) is 10.3. The molecule has 0 aliphatic carbocycles. The molecule has 0 unspecified atom stereocenters. The van der Waals surface area contributed by atoms with Gasteiger partial charge in [0.15, 0.2) is 0 Å². The number of carbonyl (C=O) groups excluding carboxylic acids is 2. The highest BCUT2D eigenvalue weighted by Gasteiger charge is 2.19. The maximum absolute atomic E-state index is 12.3. The molecule has 5 heteroatoms. The average Bonchev–Trinajstić information content (AvgIpc) is 2.55. The van der Waals surface area contributed by atoms with Crippen LogP contribution >= 0.6 is 0 Å². The van der Waals surface area contributed by atoms with Crippen molar-refractivity contribution in [3.8, 4) is 0 Å². The van der Waals surface area contributed by atoms with E-state index >= 15 is 0 Å². The molecule has 0 saturated heterocycles. The van der Waals surface area contributed by atoms with E-state index in [4.69, 9.17) is 0 Å². The second-order valence-corrected chi connectivity index (χ2v) is 5.36. The Hall–Kier alpha value is -2.04. The minimum atomic E-state index is -0.124. The molecule has 5 nitrogen and oxygen atoms in total. The van der Waals surface area contributed by atoms with Gasteiger partial charge >= 0.3 is 0 Å². The van der Waals surface area contributed by atoms with Crippen molar-refractivity contribution >= 4 is 23.2 Å². The standard InChI is InChI=1S/C18H29N3O2/c1-6-19(7-2)16-10-12-17(13-11-16)21(15(5)22)14-18(23)20(8-3)9-4/h10-13H,6-9,14H2,1-5H3. The van der Waals surface area contributed by atoms with E-state index in [9.17, 15) is 9.59 Å². The van der Waals surface area contributed by atoms with Crippen molar-refractivity contribution in [1.29, 1.82) is 0 Å². The van der Waals surface area contributed by atoms with Crippen LogP contribution in [0.2, 0.25) is 0 Å². The van der Waals surface area contributed by atoms with Gasteiger partial charge in [0.25, 0.3) is 0 Å². The van der Waals surface area contributed by atoms with Gasteiger partial charge in [0, 0.05) is 44.5 Å². The third-order valence-corrected chi connectivity index (χ3v) is 4.08. The fourth-order valence-electron chi connectivity index (χ4n) is 2.63. The van der Waals surface area contributed by atoms with E-state index < -0.39 is 0 Å². The number of benzene rings is 1. The van der Waals surface area contributed by atoms with Gasteiger partial charge in [0.2, 0.25) is 11.8 Å². The van der Waals surface area contributed by atoms with Crippen LogP contribution in [0.15, 0.2) is 24.3 Å². The van der Waals surface area contributed by atoms with Gasteiger partial charge in [-0.1, -0.05) is 0 Å². The van der Waals surface area contributed by atoms with Crippen LogP contribution in [0.5, 0.6) is 0 Å². The Bertz CT molecular complexity index is 506. The molecule has 0 aliphatic heterocycles. The zero-order valence-electron chi connectivity index (χ0n) is 15.0. The summed E-state index contributed by atoms with van der Waals surface area (Å²) in [5, 5.41) is 0. The van der Waals surface area contributed by atoms with Crippen molar-refractivity contribution in [2.75, 3.05) is 42.5 Å². The molecule has 1 rings (SSSR count). The summed E-state index contributed by atoms with van der Waals surface area (Å²) in [5.74, 6) is -0.154. The summed E-state index contributed by atoms with van der Waals surface area (Å²) in [6.45, 7) is 12.9. The summed E-state index contributed by atoms with van der Waals surface area (Å²) in [6, 6.07) is 7.81. The molecule has 23 heavy (non-hydrogen) atoms. The topological polar surface area (TPSA) is 43.9 Å². The van der Waals surface area contributed by atoms with Crippen LogP contribution in [0.4, 0.5) is 11.4 Å². The fourth-order valence-corrected chi connectivity index (χ4v) is 2.63. The number of nitrogens with zero attached hydrogens (tertiary/aromatic N) is 3. The molecule has 0 radical (unpaired) electrons. The summed E-state index contributed by atoms with van der Waals surface area (Å²) in [6.07, 6.45) is 0. The Labute approximate surface area is 139 Å². The summed E-state index contributed by atoms with van der Waals surface area (Å²) in [5.41, 5.74) is 1.88. The number of likely N-dealkylation sites (N-methyl/N-ethyl adjacent to an activating group) is 1. The third kappa shape index (κ3) is 4.98. The first kappa shape index (κ1) is 19.0. The highest BCUT2D eigenvalue weighted by molar-refractivity contribution is 5.97. The second kappa shape index (κ2) is 9.18. The molecule has 0 fully saturated rings. The summed E-state index contributed by atoms with van der Waals surface area (Å²) < 4.78 is 0. The molecule has 0 bridgehead atoms. The van der Waals surface area contributed by atoms with Crippen LogP contribution < -0.4 is 9.80 Å². The number of anilines is 2. The fraction of sp³-hybridized carbons (Fsp3) is 0.556. The van der Waals surface area contributed by atoms with Gasteiger partial charge < -0.3 is 14.7 Å². The largest absolute Gasteiger partial charge is 0.372 e. The molecule has 2 amide bonds. The van der Waals surface area contributed by atoms with E-state index in [1.165, 1.54) is 11.8 Å². The van der Waals surface area contributed by atoms with Crippen LogP contribution in [-0.2, 0) is 9.59 Å². The third-order valence-electron chi connectivity index (χ3n) is 4.08. The van der Waals surface area contributed by atoms with Gasteiger partial charge in [-0.05, 0) is 52.0 Å². The Morgan fingerprint density at radius 3 is 1.70 bits per heavy atom. The molecule has 0 spiro atoms. The predicted octanol–water partition coefficient (Wildman–Crippen LogP) is 2.75. The lowest BCUT2D eigenvalue weighted by Gasteiger charge is -2.26. The maximum atomic E-state index is 12.3. The van der Waals surface area contributed by atoms with E-state index in [-0.39, 0.29) is 18.4 Å². The minimum Gasteiger partial charge on any atom is -0.372 e. The highest BCUT2D eigenvalue weighted by atomic mass is 16.2. The summed E-state index contributed by atoms with van der Waals surface area (Å²) in [4.78, 5) is 29.7. The predicted molar refractivity (Wildman–Crippen MR) is 96.0 cm³/mol. The van der Waals surface area contributed by atoms with Crippen LogP contribution in [0.3, 0.4) is 0 Å². The molecular weight excluding hydrogens is 290 g/mol. The number of hydrogen-bond donors (Lipinski definition) is 0. The van der Waals surface area contributed by atoms with Crippen LogP contribution in [-0.4, -0.2) is 49.4 Å². The van der Waals surface area contributed by atoms with Crippen molar-refractivity contribution in [2.45, 2.75) is 34.6 Å². The lowest BCUT2D eigenvalue weighted by Crippen LogP contribution is -2.42. The molecule has 0 atom stereocenters. The molecule has 0 aromatic heterocycles. The number of amides is 2. The van der Waals surface area contributed by atoms with E-state index in [2.05, 4.69) is 18.7 Å². The summed E-state index contributed by atoms with van der Waals surface area (Å²) >= 11 is 0. The SMILES string of the molecule is CCN(CC)C(=O)CN(C(C)=O)c1ccc(N(CC)CC)cc1. The number of carbonyl (C=O) groups is 2. The van der Waals surface area contributed by atoms with E-state index in [1.807, 2.05) is 38.1 Å². The van der Waals surface area contributed by atoms with E-state index in [0.717, 1.165) is 24.5 Å². The van der Waals surface area contributed by atoms with Crippen molar-refractivity contribution in [1.82, 2.24) is 4.90 Å². The van der Waals surface area contributed by atoms with Crippen molar-refractivity contribution < 1.29 is 9.59 Å². The Morgan fingerprint density at radius 2 is 1.30 bits per heavy atom. The lowest BCUT2D eigenvalue weighted by atomic mass is 10.2. The van der Waals surface area contributed by atoms with Gasteiger partial charge in [-0.3, -0.25) is 9.59 Å². The maximum Gasteiger partial charge on any atom is 0.242 e.